The maximum absolute atomic E-state index is 5.68. The second kappa shape index (κ2) is 2.86. The molecule has 0 amide bonds. The molecule has 0 radical (unpaired) electrons. The zero-order chi connectivity index (χ0) is 10.3. The van der Waals surface area contributed by atoms with E-state index in [0.29, 0.717) is 0 Å². The van der Waals surface area contributed by atoms with Gasteiger partial charge in [-0.05, 0) is 46.3 Å². The second-order valence-electron chi connectivity index (χ2n) is 4.72. The van der Waals surface area contributed by atoms with Gasteiger partial charge >= 0.3 is 0 Å². The van der Waals surface area contributed by atoms with Gasteiger partial charge < -0.3 is 4.74 Å². The Morgan fingerprint density at radius 3 is 2.23 bits per heavy atom. The van der Waals surface area contributed by atoms with E-state index in [1.807, 2.05) is 6.92 Å². The van der Waals surface area contributed by atoms with Crippen LogP contribution >= 0.6 is 0 Å². The van der Waals surface area contributed by atoms with Gasteiger partial charge in [-0.15, -0.1) is 0 Å². The smallest absolute Gasteiger partial charge is 0.181 e. The Bertz CT molecular complexity index is 272. The van der Waals surface area contributed by atoms with Crippen LogP contribution in [0.5, 0.6) is 0 Å². The Morgan fingerprint density at radius 2 is 1.69 bits per heavy atom. The van der Waals surface area contributed by atoms with Crippen LogP contribution < -0.4 is 0 Å². The molecule has 1 aliphatic rings. The minimum atomic E-state index is -0.231. The minimum absolute atomic E-state index is 0.127. The van der Waals surface area contributed by atoms with E-state index in [-0.39, 0.29) is 11.1 Å². The fraction of sp³-hybridized carbons (Fsp3) is 0.727. The predicted molar refractivity (Wildman–Crippen MR) is 56.1 cm³/mol. The van der Waals surface area contributed by atoms with Gasteiger partial charge in [0.1, 0.15) is 5.60 Å². The molecule has 0 fully saturated rings. The van der Waals surface area contributed by atoms with Gasteiger partial charge in [0, 0.05) is 6.92 Å². The van der Waals surface area contributed by atoms with Crippen LogP contribution in [0.3, 0.4) is 0 Å². The first-order valence-electron chi connectivity index (χ1n) is 4.68. The van der Waals surface area contributed by atoms with Gasteiger partial charge in [-0.2, -0.15) is 0 Å². The number of nitrogens with zero attached hydrogens (tertiary/aromatic N) is 1. The highest BCUT2D eigenvalue weighted by molar-refractivity contribution is 5.75. The monoisotopic (exact) mass is 181 g/mol. The Kier molecular flexibility index (Phi) is 2.27. The topological polar surface area (TPSA) is 21.6 Å². The van der Waals surface area contributed by atoms with Gasteiger partial charge in [-0.25, -0.2) is 4.99 Å². The summed E-state index contributed by atoms with van der Waals surface area (Å²) in [4.78, 5) is 4.51. The van der Waals surface area contributed by atoms with Crippen LogP contribution in [0.15, 0.2) is 16.6 Å². The van der Waals surface area contributed by atoms with Crippen molar-refractivity contribution < 1.29 is 4.74 Å². The molecular formula is C11H19NO. The molecule has 13 heavy (non-hydrogen) atoms. The SMILES string of the molecule is CC1=CC(C)(C)OC(C)=NC1(C)C. The van der Waals surface area contributed by atoms with Gasteiger partial charge in [0.2, 0.25) is 0 Å². The first kappa shape index (κ1) is 10.3. The van der Waals surface area contributed by atoms with Gasteiger partial charge in [0.05, 0.1) is 5.54 Å². The molecule has 0 aromatic rings. The first-order valence-corrected chi connectivity index (χ1v) is 4.68. The van der Waals surface area contributed by atoms with Gasteiger partial charge in [-0.1, -0.05) is 0 Å². The van der Waals surface area contributed by atoms with Crippen molar-refractivity contribution in [2.45, 2.75) is 52.7 Å². The quantitative estimate of drug-likeness (QED) is 0.526. The standard InChI is InChI=1S/C11H19NO/c1-8-7-10(3,4)13-9(2)12-11(8,5)6/h7H,1-6H3. The molecule has 0 aromatic heterocycles. The van der Waals surface area contributed by atoms with Crippen molar-refractivity contribution >= 4 is 5.90 Å². The van der Waals surface area contributed by atoms with E-state index in [2.05, 4.69) is 45.7 Å². The van der Waals surface area contributed by atoms with Gasteiger partial charge in [0.25, 0.3) is 0 Å². The third kappa shape index (κ3) is 2.33. The Balaban J connectivity index is 3.15. The maximum atomic E-state index is 5.68. The lowest BCUT2D eigenvalue weighted by molar-refractivity contribution is 0.147. The molecule has 0 N–H and O–H groups in total. The van der Waals surface area contributed by atoms with Crippen LogP contribution in [0.25, 0.3) is 0 Å². The summed E-state index contributed by atoms with van der Waals surface area (Å²) in [7, 11) is 0. The van der Waals surface area contributed by atoms with E-state index in [1.165, 1.54) is 5.57 Å². The van der Waals surface area contributed by atoms with E-state index < -0.39 is 0 Å². The predicted octanol–water partition coefficient (Wildman–Crippen LogP) is 2.94. The molecule has 74 valence electrons. The molecule has 0 aliphatic carbocycles. The molecule has 0 atom stereocenters. The molecule has 1 aliphatic heterocycles. The van der Waals surface area contributed by atoms with Crippen LogP contribution in [-0.4, -0.2) is 17.0 Å². The van der Waals surface area contributed by atoms with E-state index >= 15 is 0 Å². The molecule has 1 rings (SSSR count). The normalized spacial score (nSPS) is 25.4. The minimum Gasteiger partial charge on any atom is -0.471 e. The molecule has 0 bridgehead atoms. The third-order valence-corrected chi connectivity index (χ3v) is 2.38. The lowest BCUT2D eigenvalue weighted by Crippen LogP contribution is -2.23. The zero-order valence-corrected chi connectivity index (χ0v) is 9.43. The molecule has 0 aromatic carbocycles. The Morgan fingerprint density at radius 1 is 1.15 bits per heavy atom. The number of ether oxygens (including phenoxy) is 1. The lowest BCUT2D eigenvalue weighted by atomic mass is 9.92. The van der Waals surface area contributed by atoms with E-state index in [4.69, 9.17) is 4.74 Å². The van der Waals surface area contributed by atoms with Crippen molar-refractivity contribution in [2.75, 3.05) is 0 Å². The summed E-state index contributed by atoms with van der Waals surface area (Å²) in [6, 6.07) is 0. The number of aliphatic imine (C=N–C) groups is 1. The number of hydrogen-bond acceptors (Lipinski definition) is 2. The summed E-state index contributed by atoms with van der Waals surface area (Å²) in [5.74, 6) is 0.767. The van der Waals surface area contributed by atoms with E-state index in [1.54, 1.807) is 0 Å². The highest BCUT2D eigenvalue weighted by Crippen LogP contribution is 2.28. The van der Waals surface area contributed by atoms with Crippen LogP contribution in [0.1, 0.15) is 41.5 Å². The maximum Gasteiger partial charge on any atom is 0.181 e. The summed E-state index contributed by atoms with van der Waals surface area (Å²) >= 11 is 0. The van der Waals surface area contributed by atoms with E-state index in [9.17, 15) is 0 Å². The van der Waals surface area contributed by atoms with Crippen LogP contribution in [-0.2, 0) is 4.74 Å². The average molecular weight is 181 g/mol. The van der Waals surface area contributed by atoms with Crippen molar-refractivity contribution in [1.29, 1.82) is 0 Å². The molecule has 0 spiro atoms. The van der Waals surface area contributed by atoms with Crippen LogP contribution in [0.2, 0.25) is 0 Å². The molecular weight excluding hydrogens is 162 g/mol. The van der Waals surface area contributed by atoms with Crippen LogP contribution in [0, 0.1) is 0 Å². The van der Waals surface area contributed by atoms with Crippen molar-refractivity contribution in [2.24, 2.45) is 4.99 Å². The molecule has 1 heterocycles. The lowest BCUT2D eigenvalue weighted by Gasteiger charge is -2.21. The van der Waals surface area contributed by atoms with Crippen LogP contribution in [0.4, 0.5) is 0 Å². The molecule has 0 saturated carbocycles. The van der Waals surface area contributed by atoms with Gasteiger partial charge in [-0.3, -0.25) is 0 Å². The van der Waals surface area contributed by atoms with Crippen molar-refractivity contribution in [3.8, 4) is 0 Å². The summed E-state index contributed by atoms with van der Waals surface area (Å²) < 4.78 is 5.68. The fourth-order valence-corrected chi connectivity index (χ4v) is 1.61. The van der Waals surface area contributed by atoms with Crippen molar-refractivity contribution in [1.82, 2.24) is 0 Å². The molecule has 2 heteroatoms. The van der Waals surface area contributed by atoms with Crippen molar-refractivity contribution in [3.63, 3.8) is 0 Å². The molecule has 0 saturated heterocycles. The highest BCUT2D eigenvalue weighted by Gasteiger charge is 2.28. The summed E-state index contributed by atoms with van der Waals surface area (Å²) in [6.45, 7) is 12.3. The fourth-order valence-electron chi connectivity index (χ4n) is 1.61. The molecule has 2 nitrogen and oxygen atoms in total. The zero-order valence-electron chi connectivity index (χ0n) is 9.43. The average Bonchev–Trinajstić information content (AvgIpc) is 1.85. The van der Waals surface area contributed by atoms with Crippen molar-refractivity contribution in [3.05, 3.63) is 11.6 Å². The second-order valence-corrected chi connectivity index (χ2v) is 4.72. The Hall–Kier alpha value is -0.790. The summed E-state index contributed by atoms with van der Waals surface area (Å²) in [5, 5.41) is 0. The van der Waals surface area contributed by atoms with Gasteiger partial charge in [0.15, 0.2) is 5.90 Å². The Labute approximate surface area is 80.7 Å². The molecule has 0 unspecified atom stereocenters. The first-order chi connectivity index (χ1) is 5.73. The number of hydrogen-bond donors (Lipinski definition) is 0. The third-order valence-electron chi connectivity index (χ3n) is 2.38. The highest BCUT2D eigenvalue weighted by atomic mass is 16.5. The number of rotatable bonds is 0. The summed E-state index contributed by atoms with van der Waals surface area (Å²) in [6.07, 6.45) is 2.15. The summed E-state index contributed by atoms with van der Waals surface area (Å²) in [5.41, 5.74) is 0.901. The van der Waals surface area contributed by atoms with E-state index in [0.717, 1.165) is 5.90 Å². The largest absolute Gasteiger partial charge is 0.471 e.